The maximum Gasteiger partial charge on any atom is 0.0775 e. The van der Waals surface area contributed by atoms with Gasteiger partial charge < -0.3 is 0 Å². The van der Waals surface area contributed by atoms with Gasteiger partial charge in [0.05, 0.1) is 4.88 Å². The molecule has 4 aromatic carbocycles. The topological polar surface area (TPSA) is 0 Å². The Morgan fingerprint density at radius 1 is 0.562 bits per heavy atom. The van der Waals surface area contributed by atoms with E-state index in [1.807, 2.05) is 25.2 Å². The normalized spacial score (nSPS) is 10.9. The summed E-state index contributed by atoms with van der Waals surface area (Å²) in [7, 11) is 0. The van der Waals surface area contributed by atoms with Crippen LogP contribution in [0.15, 0.2) is 72.8 Å². The highest BCUT2D eigenvalue weighted by Crippen LogP contribution is 2.38. The van der Waals surface area contributed by atoms with Crippen molar-refractivity contribution in [1.82, 2.24) is 0 Å². The van der Waals surface area contributed by atoms with E-state index in [1.54, 1.807) is 11.3 Å². The third kappa shape index (κ3) is 3.79. The standard InChI is InChI=1S/C28H18S2.C2H6/c1-17-3-7-21-15-27-26(14-22(21)11-17)25-13-20-8-5-19(12-23(20)16-28(25)30-27)6-10-24-9-4-18(2)29-24;1-2/h3-5,7-9,11-16H,1-2H3;1-2H3. The SMILES string of the molecule is CC.Cc1ccc2cc3sc4cc5cc(C#Cc6ccc(C)s6)ccc5cc4c3cc2c1. The van der Waals surface area contributed by atoms with Gasteiger partial charge in [-0.1, -0.05) is 55.5 Å². The summed E-state index contributed by atoms with van der Waals surface area (Å²) >= 11 is 3.62. The summed E-state index contributed by atoms with van der Waals surface area (Å²) in [4.78, 5) is 2.42. The third-order valence-electron chi connectivity index (χ3n) is 5.61. The molecule has 0 amide bonds. The Bertz CT molecular complexity index is 1670. The zero-order chi connectivity index (χ0) is 22.2. The quantitative estimate of drug-likeness (QED) is 0.203. The van der Waals surface area contributed by atoms with Crippen LogP contribution in [-0.2, 0) is 0 Å². The minimum atomic E-state index is 1.07. The van der Waals surface area contributed by atoms with Crippen molar-refractivity contribution in [3.8, 4) is 11.8 Å². The predicted octanol–water partition coefficient (Wildman–Crippen LogP) is 9.47. The average Bonchev–Trinajstić information content (AvgIpc) is 3.38. The fraction of sp³-hybridized carbons (Fsp3) is 0.133. The molecule has 2 aromatic heterocycles. The van der Waals surface area contributed by atoms with Crippen LogP contribution in [0.3, 0.4) is 0 Å². The predicted molar refractivity (Wildman–Crippen MR) is 145 cm³/mol. The molecule has 0 bridgehead atoms. The Labute approximate surface area is 197 Å². The maximum atomic E-state index is 3.33. The van der Waals surface area contributed by atoms with Gasteiger partial charge in [-0.15, -0.1) is 22.7 Å². The van der Waals surface area contributed by atoms with Gasteiger partial charge in [-0.2, -0.15) is 0 Å². The van der Waals surface area contributed by atoms with Gasteiger partial charge in [0, 0.05) is 30.6 Å². The second-order valence-corrected chi connectivity index (χ2v) is 10.2. The molecule has 0 aliphatic rings. The number of hydrogen-bond donors (Lipinski definition) is 0. The van der Waals surface area contributed by atoms with E-state index < -0.39 is 0 Å². The van der Waals surface area contributed by atoms with Crippen LogP contribution in [0.4, 0.5) is 0 Å². The van der Waals surface area contributed by atoms with Gasteiger partial charge in [-0.3, -0.25) is 0 Å². The number of benzene rings is 4. The van der Waals surface area contributed by atoms with Crippen LogP contribution in [-0.4, -0.2) is 0 Å². The van der Waals surface area contributed by atoms with E-state index >= 15 is 0 Å². The second-order valence-electron chi connectivity index (χ2n) is 7.87. The fourth-order valence-corrected chi connectivity index (χ4v) is 5.98. The highest BCUT2D eigenvalue weighted by Gasteiger charge is 2.09. The lowest BCUT2D eigenvalue weighted by molar-refractivity contribution is 1.50. The lowest BCUT2D eigenvalue weighted by Crippen LogP contribution is -1.78. The van der Waals surface area contributed by atoms with Crippen LogP contribution in [0.1, 0.15) is 34.7 Å². The minimum absolute atomic E-state index is 1.07. The van der Waals surface area contributed by atoms with Crippen molar-refractivity contribution in [3.05, 3.63) is 93.7 Å². The molecule has 6 aromatic rings. The summed E-state index contributed by atoms with van der Waals surface area (Å²) in [6.45, 7) is 8.27. The number of thiophene rings is 2. The molecule has 0 saturated carbocycles. The van der Waals surface area contributed by atoms with Crippen LogP contribution < -0.4 is 0 Å². The van der Waals surface area contributed by atoms with E-state index in [4.69, 9.17) is 0 Å². The van der Waals surface area contributed by atoms with E-state index in [-0.39, 0.29) is 0 Å². The average molecular weight is 449 g/mol. The molecule has 2 heterocycles. The smallest absolute Gasteiger partial charge is 0.0775 e. The molecule has 156 valence electrons. The summed E-state index contributed by atoms with van der Waals surface area (Å²) < 4.78 is 2.69. The first-order chi connectivity index (χ1) is 15.6. The number of rotatable bonds is 0. The van der Waals surface area contributed by atoms with Gasteiger partial charge in [0.1, 0.15) is 0 Å². The highest BCUT2D eigenvalue weighted by molar-refractivity contribution is 7.26. The number of fused-ring (bicyclic) bond motifs is 5. The first-order valence-electron chi connectivity index (χ1n) is 11.0. The summed E-state index contributed by atoms with van der Waals surface area (Å²) in [6, 6.07) is 26.8. The molecule has 0 atom stereocenters. The third-order valence-corrected chi connectivity index (χ3v) is 7.64. The molecule has 2 heteroatoms. The molecule has 0 aliphatic carbocycles. The Balaban J connectivity index is 0.00000105. The molecular formula is C30H24S2. The zero-order valence-corrected chi connectivity index (χ0v) is 20.4. The maximum absolute atomic E-state index is 3.33. The van der Waals surface area contributed by atoms with Crippen molar-refractivity contribution < 1.29 is 0 Å². The minimum Gasteiger partial charge on any atom is -0.135 e. The van der Waals surface area contributed by atoms with Gasteiger partial charge in [0.2, 0.25) is 0 Å². The molecule has 0 unspecified atom stereocenters. The Kier molecular flexibility index (Phi) is 5.47. The monoisotopic (exact) mass is 448 g/mol. The summed E-state index contributed by atoms with van der Waals surface area (Å²) in [5, 5.41) is 7.85. The molecule has 32 heavy (non-hydrogen) atoms. The summed E-state index contributed by atoms with van der Waals surface area (Å²) in [6.07, 6.45) is 0. The van der Waals surface area contributed by atoms with Crippen LogP contribution in [0.25, 0.3) is 41.7 Å². The van der Waals surface area contributed by atoms with Crippen molar-refractivity contribution in [2.24, 2.45) is 0 Å². The number of hydrogen-bond acceptors (Lipinski definition) is 2. The van der Waals surface area contributed by atoms with Crippen molar-refractivity contribution in [3.63, 3.8) is 0 Å². The summed E-state index contributed by atoms with van der Waals surface area (Å²) in [5.74, 6) is 6.63. The number of aryl methyl sites for hydroxylation is 2. The van der Waals surface area contributed by atoms with E-state index in [0.29, 0.717) is 0 Å². The zero-order valence-electron chi connectivity index (χ0n) is 18.7. The fourth-order valence-electron chi connectivity index (χ4n) is 4.09. The molecule has 0 aliphatic heterocycles. The molecule has 6 rings (SSSR count). The van der Waals surface area contributed by atoms with Crippen molar-refractivity contribution in [1.29, 1.82) is 0 Å². The lowest BCUT2D eigenvalue weighted by atomic mass is 10.0. The van der Waals surface area contributed by atoms with Crippen LogP contribution in [0.5, 0.6) is 0 Å². The van der Waals surface area contributed by atoms with Crippen molar-refractivity contribution in [2.75, 3.05) is 0 Å². The largest absolute Gasteiger partial charge is 0.135 e. The Hall–Kier alpha value is -3.12. The van der Waals surface area contributed by atoms with Crippen LogP contribution >= 0.6 is 22.7 Å². The van der Waals surface area contributed by atoms with E-state index in [1.165, 1.54) is 52.2 Å². The molecule has 0 N–H and O–H groups in total. The van der Waals surface area contributed by atoms with Gasteiger partial charge in [0.25, 0.3) is 0 Å². The molecule has 0 nitrogen and oxygen atoms in total. The molecule has 0 saturated heterocycles. The summed E-state index contributed by atoms with van der Waals surface area (Å²) in [5.41, 5.74) is 2.37. The van der Waals surface area contributed by atoms with E-state index in [2.05, 4.69) is 98.5 Å². The van der Waals surface area contributed by atoms with Crippen molar-refractivity contribution in [2.45, 2.75) is 27.7 Å². The first kappa shape index (κ1) is 20.8. The molecule has 0 radical (unpaired) electrons. The van der Waals surface area contributed by atoms with Crippen LogP contribution in [0.2, 0.25) is 0 Å². The van der Waals surface area contributed by atoms with Gasteiger partial charge in [-0.05, 0) is 83.9 Å². The van der Waals surface area contributed by atoms with Crippen LogP contribution in [0, 0.1) is 25.7 Å². The molecular weight excluding hydrogens is 424 g/mol. The molecule has 0 fully saturated rings. The van der Waals surface area contributed by atoms with Crippen molar-refractivity contribution >= 4 is 64.4 Å². The highest BCUT2D eigenvalue weighted by atomic mass is 32.1. The Morgan fingerprint density at radius 3 is 1.97 bits per heavy atom. The van der Waals surface area contributed by atoms with Gasteiger partial charge >= 0.3 is 0 Å². The second kappa shape index (κ2) is 8.43. The van der Waals surface area contributed by atoms with Gasteiger partial charge in [-0.25, -0.2) is 0 Å². The first-order valence-corrected chi connectivity index (χ1v) is 12.6. The Morgan fingerprint density at radius 2 is 1.22 bits per heavy atom. The van der Waals surface area contributed by atoms with E-state index in [9.17, 15) is 0 Å². The van der Waals surface area contributed by atoms with Gasteiger partial charge in [0.15, 0.2) is 0 Å². The lowest BCUT2D eigenvalue weighted by Gasteiger charge is -2.02. The van der Waals surface area contributed by atoms with E-state index in [0.717, 1.165) is 10.4 Å². The molecule has 0 spiro atoms.